The van der Waals surface area contributed by atoms with Gasteiger partial charge in [0.1, 0.15) is 5.75 Å². The maximum Gasteiger partial charge on any atom is 0.337 e. The number of nitrogens with one attached hydrogen (secondary N) is 1. The Bertz CT molecular complexity index is 927. The Hall–Kier alpha value is -2.86. The summed E-state index contributed by atoms with van der Waals surface area (Å²) in [5, 5.41) is 12.4. The highest BCUT2D eigenvalue weighted by atomic mass is 79.9. The van der Waals surface area contributed by atoms with Crippen LogP contribution in [0.1, 0.15) is 17.3 Å². The number of ether oxygens (including phenoxy) is 1. The Morgan fingerprint density at radius 2 is 2.04 bits per heavy atom. The van der Waals surface area contributed by atoms with Crippen LogP contribution in [0, 0.1) is 0 Å². The fourth-order valence-electron chi connectivity index (χ4n) is 2.51. The number of hydrogen-bond donors (Lipinski definition) is 2. The first-order chi connectivity index (χ1) is 12.6. The monoisotopic (exact) mass is 412 g/mol. The molecule has 0 aliphatic rings. The average Bonchev–Trinajstić information content (AvgIpc) is 2.64. The van der Waals surface area contributed by atoms with Crippen molar-refractivity contribution in [2.24, 2.45) is 0 Å². The van der Waals surface area contributed by atoms with Crippen LogP contribution in [0.15, 0.2) is 65.3 Å². The van der Waals surface area contributed by atoms with E-state index < -0.39 is 5.97 Å². The minimum absolute atomic E-state index is 0.188. The molecular weight excluding hydrogens is 396 g/mol. The van der Waals surface area contributed by atoms with E-state index in [0.29, 0.717) is 22.5 Å². The van der Waals surface area contributed by atoms with Crippen LogP contribution in [0.4, 0.5) is 11.4 Å². The molecule has 2 aromatic carbocycles. The second-order valence-corrected chi connectivity index (χ2v) is 6.43. The van der Waals surface area contributed by atoms with E-state index in [-0.39, 0.29) is 5.56 Å². The number of carbonyl (C=O) groups is 1. The van der Waals surface area contributed by atoms with Crippen LogP contribution in [0.25, 0.3) is 11.3 Å². The van der Waals surface area contributed by atoms with Gasteiger partial charge in [-0.05, 0) is 49.4 Å². The zero-order valence-corrected chi connectivity index (χ0v) is 15.7. The molecule has 0 saturated carbocycles. The fraction of sp³-hybridized carbons (Fsp3) is 0.100. The van der Waals surface area contributed by atoms with Gasteiger partial charge in [-0.2, -0.15) is 0 Å². The van der Waals surface area contributed by atoms with Gasteiger partial charge in [0, 0.05) is 10.0 Å². The Balaban J connectivity index is 1.83. The van der Waals surface area contributed by atoms with Crippen LogP contribution < -0.4 is 10.1 Å². The summed E-state index contributed by atoms with van der Waals surface area (Å²) in [5.74, 6) is -0.193. The second-order valence-electron chi connectivity index (χ2n) is 5.51. The van der Waals surface area contributed by atoms with E-state index in [1.54, 1.807) is 24.4 Å². The SMILES string of the molecule is CCOc1cccc(-c2ccc(Nc3ccc(Br)cc3C(=O)O)cn2)c1. The largest absolute Gasteiger partial charge is 0.494 e. The van der Waals surface area contributed by atoms with Crippen molar-refractivity contribution in [3.05, 3.63) is 70.8 Å². The lowest BCUT2D eigenvalue weighted by Gasteiger charge is -2.11. The number of nitrogens with zero attached hydrogens (tertiary/aromatic N) is 1. The zero-order chi connectivity index (χ0) is 18.5. The Morgan fingerprint density at radius 3 is 2.73 bits per heavy atom. The van der Waals surface area contributed by atoms with Gasteiger partial charge in [-0.3, -0.25) is 4.98 Å². The third kappa shape index (κ3) is 4.21. The van der Waals surface area contributed by atoms with Crippen LogP contribution in [0.5, 0.6) is 5.75 Å². The summed E-state index contributed by atoms with van der Waals surface area (Å²) in [6.07, 6.45) is 1.68. The van der Waals surface area contributed by atoms with Gasteiger partial charge in [0.15, 0.2) is 0 Å². The lowest BCUT2D eigenvalue weighted by molar-refractivity contribution is 0.0698. The molecule has 0 saturated heterocycles. The van der Waals surface area contributed by atoms with Crippen LogP contribution in [0.2, 0.25) is 0 Å². The molecule has 0 fully saturated rings. The molecule has 3 aromatic rings. The van der Waals surface area contributed by atoms with Gasteiger partial charge >= 0.3 is 5.97 Å². The summed E-state index contributed by atoms with van der Waals surface area (Å²) in [6, 6.07) is 16.6. The van der Waals surface area contributed by atoms with Crippen LogP contribution in [-0.2, 0) is 0 Å². The summed E-state index contributed by atoms with van der Waals surface area (Å²) >= 11 is 3.29. The fourth-order valence-corrected chi connectivity index (χ4v) is 2.87. The molecule has 0 spiro atoms. The standard InChI is InChI=1S/C20H17BrN2O3/c1-2-26-16-5-3-4-13(10-16)18-9-7-15(12-22-18)23-19-8-6-14(21)11-17(19)20(24)25/h3-12,23H,2H2,1H3,(H,24,25). The van der Waals surface area contributed by atoms with E-state index in [1.165, 1.54) is 0 Å². The predicted octanol–water partition coefficient (Wildman–Crippen LogP) is 5.35. The molecular formula is C20H17BrN2O3. The summed E-state index contributed by atoms with van der Waals surface area (Å²) < 4.78 is 6.23. The van der Waals surface area contributed by atoms with Gasteiger partial charge in [-0.1, -0.05) is 28.1 Å². The molecule has 26 heavy (non-hydrogen) atoms. The summed E-state index contributed by atoms with van der Waals surface area (Å²) in [4.78, 5) is 15.9. The van der Waals surface area contributed by atoms with Crippen LogP contribution in [-0.4, -0.2) is 22.7 Å². The van der Waals surface area contributed by atoms with Gasteiger partial charge in [0.2, 0.25) is 0 Å². The lowest BCUT2D eigenvalue weighted by Crippen LogP contribution is -2.03. The van der Waals surface area contributed by atoms with Crippen molar-refractivity contribution in [3.8, 4) is 17.0 Å². The second kappa shape index (κ2) is 8.01. The number of aromatic carboxylic acids is 1. The molecule has 0 radical (unpaired) electrons. The molecule has 0 aliphatic heterocycles. The number of benzene rings is 2. The smallest absolute Gasteiger partial charge is 0.337 e. The van der Waals surface area contributed by atoms with E-state index >= 15 is 0 Å². The maximum atomic E-state index is 11.4. The van der Waals surface area contributed by atoms with Crippen molar-refractivity contribution in [2.45, 2.75) is 6.92 Å². The number of rotatable bonds is 6. The van der Waals surface area contributed by atoms with E-state index in [4.69, 9.17) is 4.74 Å². The Labute approximate surface area is 159 Å². The van der Waals surface area contributed by atoms with Crippen molar-refractivity contribution in [2.75, 3.05) is 11.9 Å². The molecule has 0 aliphatic carbocycles. The molecule has 2 N–H and O–H groups in total. The highest BCUT2D eigenvalue weighted by molar-refractivity contribution is 9.10. The van der Waals surface area contributed by atoms with E-state index in [1.807, 2.05) is 43.3 Å². The minimum Gasteiger partial charge on any atom is -0.494 e. The molecule has 0 atom stereocenters. The number of carboxylic acid groups (broad SMARTS) is 1. The molecule has 132 valence electrons. The molecule has 0 unspecified atom stereocenters. The number of hydrogen-bond acceptors (Lipinski definition) is 4. The van der Waals surface area contributed by atoms with Gasteiger partial charge in [-0.15, -0.1) is 0 Å². The lowest BCUT2D eigenvalue weighted by atomic mass is 10.1. The number of pyridine rings is 1. The van der Waals surface area contributed by atoms with Gasteiger partial charge in [0.25, 0.3) is 0 Å². The molecule has 1 aromatic heterocycles. The third-order valence-electron chi connectivity index (χ3n) is 3.70. The van der Waals surface area contributed by atoms with Crippen LogP contribution >= 0.6 is 15.9 Å². The maximum absolute atomic E-state index is 11.4. The number of aromatic nitrogens is 1. The highest BCUT2D eigenvalue weighted by Gasteiger charge is 2.11. The molecule has 0 bridgehead atoms. The Morgan fingerprint density at radius 1 is 1.19 bits per heavy atom. The summed E-state index contributed by atoms with van der Waals surface area (Å²) in [7, 11) is 0. The third-order valence-corrected chi connectivity index (χ3v) is 4.19. The highest BCUT2D eigenvalue weighted by Crippen LogP contribution is 2.27. The number of halogens is 1. The first-order valence-electron chi connectivity index (χ1n) is 8.06. The molecule has 5 nitrogen and oxygen atoms in total. The van der Waals surface area contributed by atoms with E-state index in [9.17, 15) is 9.90 Å². The van der Waals surface area contributed by atoms with Crippen molar-refractivity contribution < 1.29 is 14.6 Å². The predicted molar refractivity (Wildman–Crippen MR) is 105 cm³/mol. The normalized spacial score (nSPS) is 10.4. The molecule has 0 amide bonds. The minimum atomic E-state index is -0.994. The van der Waals surface area contributed by atoms with Crippen molar-refractivity contribution >= 4 is 33.3 Å². The van der Waals surface area contributed by atoms with E-state index in [2.05, 4.69) is 26.2 Å². The number of anilines is 2. The van der Waals surface area contributed by atoms with Gasteiger partial charge < -0.3 is 15.2 Å². The van der Waals surface area contributed by atoms with E-state index in [0.717, 1.165) is 17.0 Å². The molecule has 1 heterocycles. The molecule has 6 heteroatoms. The average molecular weight is 413 g/mol. The summed E-state index contributed by atoms with van der Waals surface area (Å²) in [6.45, 7) is 2.55. The van der Waals surface area contributed by atoms with Crippen molar-refractivity contribution in [1.29, 1.82) is 0 Å². The van der Waals surface area contributed by atoms with Crippen molar-refractivity contribution in [3.63, 3.8) is 0 Å². The Kier molecular flexibility index (Phi) is 5.53. The van der Waals surface area contributed by atoms with Gasteiger partial charge in [-0.25, -0.2) is 4.79 Å². The zero-order valence-electron chi connectivity index (χ0n) is 14.1. The van der Waals surface area contributed by atoms with Crippen LogP contribution in [0.3, 0.4) is 0 Å². The van der Waals surface area contributed by atoms with Gasteiger partial charge in [0.05, 0.1) is 35.4 Å². The number of carboxylic acids is 1. The summed E-state index contributed by atoms with van der Waals surface area (Å²) in [5.41, 5.74) is 3.17. The molecule has 3 rings (SSSR count). The van der Waals surface area contributed by atoms with Crippen molar-refractivity contribution in [1.82, 2.24) is 4.98 Å². The quantitative estimate of drug-likeness (QED) is 0.570. The first-order valence-corrected chi connectivity index (χ1v) is 8.85. The topological polar surface area (TPSA) is 71.5 Å². The first kappa shape index (κ1) is 17.9.